The summed E-state index contributed by atoms with van der Waals surface area (Å²) in [7, 11) is 2.90. The van der Waals surface area contributed by atoms with Crippen molar-refractivity contribution in [1.29, 1.82) is 0 Å². The van der Waals surface area contributed by atoms with E-state index in [2.05, 4.69) is 37.3 Å². The average Bonchev–Trinajstić information content (AvgIpc) is 2.75. The minimum atomic E-state index is -2.52. The van der Waals surface area contributed by atoms with Crippen molar-refractivity contribution in [1.82, 2.24) is 0 Å². The van der Waals surface area contributed by atoms with E-state index < -0.39 is 13.8 Å². The van der Waals surface area contributed by atoms with Crippen LogP contribution in [0.25, 0.3) is 0 Å². The molecule has 0 aliphatic carbocycles. The van der Waals surface area contributed by atoms with Gasteiger partial charge in [0.2, 0.25) is 0 Å². The summed E-state index contributed by atoms with van der Waals surface area (Å²) in [6.45, 7) is 3.02. The third-order valence-electron chi connectivity index (χ3n) is 6.33. The van der Waals surface area contributed by atoms with Crippen LogP contribution in [-0.4, -0.2) is 47.8 Å². The van der Waals surface area contributed by atoms with Gasteiger partial charge in [0.1, 0.15) is 5.22 Å². The van der Waals surface area contributed by atoms with Crippen molar-refractivity contribution < 1.29 is 18.3 Å². The van der Waals surface area contributed by atoms with Gasteiger partial charge in [0.05, 0.1) is 6.10 Å². The molecule has 0 radical (unpaired) electrons. The van der Waals surface area contributed by atoms with Gasteiger partial charge in [0, 0.05) is 27.9 Å². The lowest BCUT2D eigenvalue weighted by Gasteiger charge is -2.52. The zero-order chi connectivity index (χ0) is 20.3. The molecule has 1 fully saturated rings. The number of aryl methyl sites for hydroxylation is 1. The van der Waals surface area contributed by atoms with Gasteiger partial charge in [-0.15, -0.1) is 0 Å². The molecule has 0 amide bonds. The van der Waals surface area contributed by atoms with E-state index in [0.717, 1.165) is 57.6 Å². The van der Waals surface area contributed by atoms with Gasteiger partial charge in [0.15, 0.2) is 0 Å². The van der Waals surface area contributed by atoms with Gasteiger partial charge in [-0.3, -0.25) is 0 Å². The number of hydrogen-bond donors (Lipinski definition) is 0. The molecule has 1 aliphatic rings. The Balaban J connectivity index is 2.07. The van der Waals surface area contributed by atoms with E-state index in [0.29, 0.717) is 0 Å². The Morgan fingerprint density at radius 2 is 1.75 bits per heavy atom. The zero-order valence-electron chi connectivity index (χ0n) is 18.4. The number of hydrogen-bond acceptors (Lipinski definition) is 4. The fraction of sp³-hybridized carbons (Fsp3) is 0.739. The first-order valence-corrected chi connectivity index (χ1v) is 13.0. The Labute approximate surface area is 173 Å². The summed E-state index contributed by atoms with van der Waals surface area (Å²) in [5.74, 6) is 0. The Bertz CT molecular complexity index is 535. The predicted octanol–water partition coefficient (Wildman–Crippen LogP) is 5.43. The Hall–Kier alpha value is -0.723. The summed E-state index contributed by atoms with van der Waals surface area (Å²) >= 11 is 0. The molecule has 2 unspecified atom stereocenters. The molecule has 2 atom stereocenters. The van der Waals surface area contributed by atoms with Crippen LogP contribution in [0.4, 0.5) is 0 Å². The number of rotatable bonds is 13. The van der Waals surface area contributed by atoms with Crippen LogP contribution in [0.2, 0.25) is 6.04 Å². The monoisotopic (exact) mass is 408 g/mol. The first kappa shape index (κ1) is 23.6. The van der Waals surface area contributed by atoms with Crippen LogP contribution in [0.3, 0.4) is 0 Å². The van der Waals surface area contributed by atoms with E-state index in [1.54, 1.807) is 14.2 Å². The standard InChI is InChI=1S/C23H40O4Si/c1-5-6-12-19-27-22-17-13-20-28(25-3,26-4)23(22,24-2)18-11-10-16-21-14-8-7-9-15-21/h7-9,14-15,22H,5-6,10-13,16-20H2,1-4H3. The molecule has 1 heterocycles. The van der Waals surface area contributed by atoms with Crippen molar-refractivity contribution in [3.8, 4) is 0 Å². The molecule has 0 N–H and O–H groups in total. The van der Waals surface area contributed by atoms with Crippen molar-refractivity contribution in [2.75, 3.05) is 27.9 Å². The maximum atomic E-state index is 6.42. The molecule has 4 nitrogen and oxygen atoms in total. The third-order valence-corrected chi connectivity index (χ3v) is 10.7. The largest absolute Gasteiger partial charge is 0.396 e. The van der Waals surface area contributed by atoms with Crippen molar-refractivity contribution >= 4 is 8.56 Å². The van der Waals surface area contributed by atoms with Crippen LogP contribution in [0.1, 0.15) is 63.9 Å². The second-order valence-corrected chi connectivity index (χ2v) is 11.6. The SMILES string of the molecule is CCCCCOC1CCC[Si](OC)(OC)C1(CCCCc1ccccc1)OC. The highest BCUT2D eigenvalue weighted by molar-refractivity contribution is 6.71. The van der Waals surface area contributed by atoms with E-state index in [-0.39, 0.29) is 6.10 Å². The number of unbranched alkanes of at least 4 members (excludes halogenated alkanes) is 3. The normalized spacial score (nSPS) is 24.4. The molecule has 160 valence electrons. The summed E-state index contributed by atoms with van der Waals surface area (Å²) in [5, 5.41) is -0.433. The van der Waals surface area contributed by atoms with Crippen LogP contribution in [0, 0.1) is 0 Å². The highest BCUT2D eigenvalue weighted by Crippen LogP contribution is 2.44. The Morgan fingerprint density at radius 1 is 1.00 bits per heavy atom. The van der Waals surface area contributed by atoms with Gasteiger partial charge >= 0.3 is 8.56 Å². The zero-order valence-corrected chi connectivity index (χ0v) is 19.4. The van der Waals surface area contributed by atoms with Crippen molar-refractivity contribution in [2.45, 2.75) is 82.1 Å². The predicted molar refractivity (Wildman–Crippen MR) is 117 cm³/mol. The molecule has 0 aromatic heterocycles. The maximum absolute atomic E-state index is 6.42. The fourth-order valence-electron chi connectivity index (χ4n) is 4.74. The molecular weight excluding hydrogens is 368 g/mol. The molecular formula is C23H40O4Si. The minimum absolute atomic E-state index is 0.0615. The van der Waals surface area contributed by atoms with Crippen LogP contribution < -0.4 is 0 Å². The molecule has 5 heteroatoms. The average molecular weight is 409 g/mol. The van der Waals surface area contributed by atoms with E-state index in [4.69, 9.17) is 18.3 Å². The maximum Gasteiger partial charge on any atom is 0.373 e. The molecule has 1 aliphatic heterocycles. The number of ether oxygens (including phenoxy) is 2. The molecule has 0 spiro atoms. The molecule has 0 bridgehead atoms. The lowest BCUT2D eigenvalue weighted by atomic mass is 9.99. The summed E-state index contributed by atoms with van der Waals surface area (Å²) in [6, 6.07) is 11.7. The van der Waals surface area contributed by atoms with E-state index >= 15 is 0 Å². The van der Waals surface area contributed by atoms with Crippen molar-refractivity contribution in [2.24, 2.45) is 0 Å². The van der Waals surface area contributed by atoms with E-state index in [9.17, 15) is 0 Å². The summed E-state index contributed by atoms with van der Waals surface area (Å²) in [6.07, 6.45) is 9.94. The van der Waals surface area contributed by atoms with Gasteiger partial charge < -0.3 is 18.3 Å². The van der Waals surface area contributed by atoms with E-state index in [1.807, 2.05) is 7.11 Å². The topological polar surface area (TPSA) is 36.9 Å². The Kier molecular flexibility index (Phi) is 10.2. The van der Waals surface area contributed by atoms with Gasteiger partial charge in [0.25, 0.3) is 0 Å². The van der Waals surface area contributed by atoms with Gasteiger partial charge in [-0.05, 0) is 50.1 Å². The highest BCUT2D eigenvalue weighted by Gasteiger charge is 2.63. The van der Waals surface area contributed by atoms with Crippen LogP contribution in [0.5, 0.6) is 0 Å². The molecule has 2 rings (SSSR count). The molecule has 1 aromatic rings. The molecule has 0 saturated carbocycles. The Morgan fingerprint density at radius 3 is 2.39 bits per heavy atom. The summed E-state index contributed by atoms with van der Waals surface area (Å²) in [4.78, 5) is 0. The lowest BCUT2D eigenvalue weighted by molar-refractivity contribution is -0.124. The second kappa shape index (κ2) is 12.1. The minimum Gasteiger partial charge on any atom is -0.396 e. The first-order valence-electron chi connectivity index (χ1n) is 11.0. The van der Waals surface area contributed by atoms with Crippen LogP contribution in [0.15, 0.2) is 30.3 Å². The van der Waals surface area contributed by atoms with Gasteiger partial charge in [-0.25, -0.2) is 0 Å². The van der Waals surface area contributed by atoms with E-state index in [1.165, 1.54) is 18.4 Å². The highest BCUT2D eigenvalue weighted by atomic mass is 28.4. The van der Waals surface area contributed by atoms with Crippen molar-refractivity contribution in [3.63, 3.8) is 0 Å². The van der Waals surface area contributed by atoms with Gasteiger partial charge in [-0.1, -0.05) is 56.5 Å². The smallest absolute Gasteiger partial charge is 0.373 e. The van der Waals surface area contributed by atoms with Crippen LogP contribution in [-0.2, 0) is 24.7 Å². The first-order chi connectivity index (χ1) is 13.7. The second-order valence-electron chi connectivity index (χ2n) is 7.91. The fourth-order valence-corrected chi connectivity index (χ4v) is 8.69. The van der Waals surface area contributed by atoms with Crippen molar-refractivity contribution in [3.05, 3.63) is 35.9 Å². The number of methoxy groups -OCH3 is 1. The lowest BCUT2D eigenvalue weighted by Crippen LogP contribution is -2.71. The third kappa shape index (κ3) is 5.45. The quantitative estimate of drug-likeness (QED) is 0.322. The molecule has 1 saturated heterocycles. The van der Waals surface area contributed by atoms with Crippen LogP contribution >= 0.6 is 0 Å². The summed E-state index contributed by atoms with van der Waals surface area (Å²) < 4.78 is 24.9. The molecule has 1 aromatic carbocycles. The van der Waals surface area contributed by atoms with Gasteiger partial charge in [-0.2, -0.15) is 0 Å². The number of benzene rings is 1. The summed E-state index contributed by atoms with van der Waals surface area (Å²) in [5.41, 5.74) is 1.40. The molecule has 28 heavy (non-hydrogen) atoms.